The van der Waals surface area contributed by atoms with Gasteiger partial charge in [0.2, 0.25) is 5.78 Å². The Kier molecular flexibility index (Phi) is 3.35. The number of nitrogens with zero attached hydrogens (tertiary/aromatic N) is 4. The van der Waals surface area contributed by atoms with Gasteiger partial charge in [0.1, 0.15) is 5.82 Å². The molecule has 0 atom stereocenters. The topological polar surface area (TPSA) is 77.1 Å². The SMILES string of the molecule is Cn1c(=O)[nH]c(=O)c2c1nc1n(-c3ccccc3F)c(-c3ccccc3)cn21. The van der Waals surface area contributed by atoms with Crippen LogP contribution >= 0.6 is 0 Å². The van der Waals surface area contributed by atoms with Crippen molar-refractivity contribution in [2.75, 3.05) is 0 Å². The van der Waals surface area contributed by atoms with Gasteiger partial charge in [-0.2, -0.15) is 4.98 Å². The first-order valence-electron chi connectivity index (χ1n) is 8.59. The van der Waals surface area contributed by atoms with E-state index in [-0.39, 0.29) is 11.2 Å². The van der Waals surface area contributed by atoms with Gasteiger partial charge in [0, 0.05) is 18.8 Å². The quantitative estimate of drug-likeness (QED) is 0.515. The van der Waals surface area contributed by atoms with E-state index in [0.29, 0.717) is 17.2 Å². The minimum absolute atomic E-state index is 0.226. The highest BCUT2D eigenvalue weighted by Gasteiger charge is 2.21. The van der Waals surface area contributed by atoms with Crippen molar-refractivity contribution in [2.24, 2.45) is 7.05 Å². The van der Waals surface area contributed by atoms with Crippen LogP contribution in [0.4, 0.5) is 4.39 Å². The summed E-state index contributed by atoms with van der Waals surface area (Å²) in [4.78, 5) is 31.2. The zero-order valence-corrected chi connectivity index (χ0v) is 14.8. The minimum Gasteiger partial charge on any atom is -0.279 e. The van der Waals surface area contributed by atoms with Crippen LogP contribution < -0.4 is 11.2 Å². The second-order valence-corrected chi connectivity index (χ2v) is 6.44. The highest BCUT2D eigenvalue weighted by Crippen LogP contribution is 2.29. The number of imidazole rings is 2. The molecule has 0 fully saturated rings. The van der Waals surface area contributed by atoms with E-state index in [9.17, 15) is 14.0 Å². The van der Waals surface area contributed by atoms with E-state index in [1.165, 1.54) is 17.7 Å². The van der Waals surface area contributed by atoms with Crippen LogP contribution in [0.25, 0.3) is 33.9 Å². The van der Waals surface area contributed by atoms with Gasteiger partial charge < -0.3 is 0 Å². The van der Waals surface area contributed by atoms with Gasteiger partial charge in [-0.15, -0.1) is 0 Å². The third kappa shape index (κ3) is 2.18. The van der Waals surface area contributed by atoms with Gasteiger partial charge in [-0.05, 0) is 12.1 Å². The predicted octanol–water partition coefficient (Wildman–Crippen LogP) is 2.47. The fourth-order valence-electron chi connectivity index (χ4n) is 3.44. The molecule has 0 unspecified atom stereocenters. The maximum absolute atomic E-state index is 14.7. The molecular formula is C20H14FN5O2. The summed E-state index contributed by atoms with van der Waals surface area (Å²) < 4.78 is 19.2. The molecular weight excluding hydrogens is 361 g/mol. The Morgan fingerprint density at radius 2 is 1.71 bits per heavy atom. The van der Waals surface area contributed by atoms with Gasteiger partial charge in [-0.3, -0.25) is 23.3 Å². The number of rotatable bonds is 2. The second-order valence-electron chi connectivity index (χ2n) is 6.44. The zero-order chi connectivity index (χ0) is 19.4. The van der Waals surface area contributed by atoms with Gasteiger partial charge in [0.05, 0.1) is 11.4 Å². The van der Waals surface area contributed by atoms with Crippen molar-refractivity contribution in [1.29, 1.82) is 0 Å². The van der Waals surface area contributed by atoms with Crippen LogP contribution in [0.2, 0.25) is 0 Å². The summed E-state index contributed by atoms with van der Waals surface area (Å²) >= 11 is 0. The Hall–Kier alpha value is -3.94. The number of hydrogen-bond donors (Lipinski definition) is 1. The Bertz CT molecular complexity index is 1470. The molecule has 0 saturated carbocycles. The number of aromatic nitrogens is 5. The molecule has 0 amide bonds. The van der Waals surface area contributed by atoms with Crippen LogP contribution in [0.15, 0.2) is 70.4 Å². The van der Waals surface area contributed by atoms with Gasteiger partial charge >= 0.3 is 5.69 Å². The van der Waals surface area contributed by atoms with Gasteiger partial charge in [-0.25, -0.2) is 9.18 Å². The van der Waals surface area contributed by atoms with Crippen LogP contribution in [0.3, 0.4) is 0 Å². The van der Waals surface area contributed by atoms with E-state index >= 15 is 0 Å². The van der Waals surface area contributed by atoms with Gasteiger partial charge in [0.25, 0.3) is 5.56 Å². The van der Waals surface area contributed by atoms with Crippen molar-refractivity contribution in [3.63, 3.8) is 0 Å². The summed E-state index contributed by atoms with van der Waals surface area (Å²) in [6, 6.07) is 15.8. The zero-order valence-electron chi connectivity index (χ0n) is 14.8. The van der Waals surface area contributed by atoms with Crippen LogP contribution in [-0.2, 0) is 7.05 Å². The van der Waals surface area contributed by atoms with E-state index in [0.717, 1.165) is 5.56 Å². The molecule has 3 heterocycles. The fourth-order valence-corrected chi connectivity index (χ4v) is 3.44. The number of H-pyrrole nitrogens is 1. The average Bonchev–Trinajstić information content (AvgIpc) is 3.24. The maximum atomic E-state index is 14.7. The molecule has 2 aromatic carbocycles. The van der Waals surface area contributed by atoms with Crippen LogP contribution in [0.5, 0.6) is 0 Å². The van der Waals surface area contributed by atoms with E-state index in [1.807, 2.05) is 30.3 Å². The number of fused-ring (bicyclic) bond motifs is 3. The molecule has 0 aliphatic carbocycles. The number of nitrogens with one attached hydrogen (secondary N) is 1. The number of hydrogen-bond acceptors (Lipinski definition) is 3. The first-order chi connectivity index (χ1) is 13.6. The fraction of sp³-hybridized carbons (Fsp3) is 0.0500. The average molecular weight is 375 g/mol. The molecule has 0 radical (unpaired) electrons. The molecule has 1 N–H and O–H groups in total. The van der Waals surface area contributed by atoms with Crippen molar-refractivity contribution in [1.82, 2.24) is 23.5 Å². The Morgan fingerprint density at radius 3 is 2.46 bits per heavy atom. The van der Waals surface area contributed by atoms with Gasteiger partial charge in [-0.1, -0.05) is 42.5 Å². The van der Waals surface area contributed by atoms with E-state index < -0.39 is 17.1 Å². The summed E-state index contributed by atoms with van der Waals surface area (Å²) in [5.41, 5.74) is 1.16. The molecule has 0 spiro atoms. The minimum atomic E-state index is -0.557. The number of aromatic amines is 1. The molecule has 0 aliphatic rings. The first kappa shape index (κ1) is 16.2. The van der Waals surface area contributed by atoms with E-state index in [1.54, 1.807) is 33.4 Å². The normalized spacial score (nSPS) is 11.5. The number of halogens is 1. The van der Waals surface area contributed by atoms with Crippen LogP contribution in [0.1, 0.15) is 0 Å². The summed E-state index contributed by atoms with van der Waals surface area (Å²) in [6.07, 6.45) is 1.73. The number of aryl methyl sites for hydroxylation is 1. The van der Waals surface area contributed by atoms with Crippen LogP contribution in [0, 0.1) is 5.82 Å². The second kappa shape index (κ2) is 5.78. The van der Waals surface area contributed by atoms with Crippen LogP contribution in [-0.4, -0.2) is 23.5 Å². The molecule has 138 valence electrons. The summed E-state index contributed by atoms with van der Waals surface area (Å²) in [5, 5.41) is 0. The van der Waals surface area contributed by atoms with E-state index in [4.69, 9.17) is 0 Å². The van der Waals surface area contributed by atoms with Crippen molar-refractivity contribution in [3.8, 4) is 16.9 Å². The third-order valence-electron chi connectivity index (χ3n) is 4.79. The summed E-state index contributed by atoms with van der Waals surface area (Å²) in [7, 11) is 1.53. The largest absolute Gasteiger partial charge is 0.329 e. The Labute approximate surface area is 156 Å². The van der Waals surface area contributed by atoms with Crippen molar-refractivity contribution >= 4 is 16.9 Å². The molecule has 0 saturated heterocycles. The number of benzene rings is 2. The Balaban J connectivity index is 2.00. The molecule has 7 nitrogen and oxygen atoms in total. The molecule has 3 aromatic heterocycles. The van der Waals surface area contributed by atoms with Gasteiger partial charge in [0.15, 0.2) is 11.2 Å². The van der Waals surface area contributed by atoms with Crippen molar-refractivity contribution in [3.05, 3.63) is 87.4 Å². The van der Waals surface area contributed by atoms with Crippen molar-refractivity contribution in [2.45, 2.75) is 0 Å². The molecule has 8 heteroatoms. The lowest BCUT2D eigenvalue weighted by molar-refractivity contribution is 0.619. The standard InChI is InChI=1S/C20H14FN5O2/c1-24-17-16(18(27)23-20(24)28)25-11-15(12-7-3-2-4-8-12)26(19(25)22-17)14-10-6-5-9-13(14)21/h2-11H,1H3,(H,23,27,28). The highest BCUT2D eigenvalue weighted by molar-refractivity contribution is 5.79. The molecule has 5 rings (SSSR count). The predicted molar refractivity (Wildman–Crippen MR) is 103 cm³/mol. The van der Waals surface area contributed by atoms with Crippen molar-refractivity contribution < 1.29 is 4.39 Å². The third-order valence-corrected chi connectivity index (χ3v) is 4.79. The summed E-state index contributed by atoms with van der Waals surface area (Å²) in [5.74, 6) is -0.0849. The monoisotopic (exact) mass is 375 g/mol. The van der Waals surface area contributed by atoms with E-state index in [2.05, 4.69) is 9.97 Å². The number of para-hydroxylation sites is 1. The highest BCUT2D eigenvalue weighted by atomic mass is 19.1. The Morgan fingerprint density at radius 1 is 1.00 bits per heavy atom. The molecule has 0 bridgehead atoms. The molecule has 5 aromatic rings. The lowest BCUT2D eigenvalue weighted by atomic mass is 10.1. The smallest absolute Gasteiger partial charge is 0.279 e. The maximum Gasteiger partial charge on any atom is 0.329 e. The first-order valence-corrected chi connectivity index (χ1v) is 8.59. The lowest BCUT2D eigenvalue weighted by Crippen LogP contribution is -2.28. The molecule has 0 aliphatic heterocycles. The molecule has 28 heavy (non-hydrogen) atoms. The lowest BCUT2D eigenvalue weighted by Gasteiger charge is -2.10. The summed E-state index contributed by atoms with van der Waals surface area (Å²) in [6.45, 7) is 0.